The first-order valence-electron chi connectivity index (χ1n) is 8.31. The van der Waals surface area contributed by atoms with Crippen molar-refractivity contribution < 1.29 is 4.79 Å². The maximum atomic E-state index is 12.6. The lowest BCUT2D eigenvalue weighted by atomic mass is 9.97. The Morgan fingerprint density at radius 3 is 2.35 bits per heavy atom. The van der Waals surface area contributed by atoms with Crippen molar-refractivity contribution in [3.63, 3.8) is 0 Å². The SMILES string of the molecule is CCn1c(=O)n(CC(=O)N2CCC(CN)CC2)c2ccccc21. The molecule has 6 heteroatoms. The summed E-state index contributed by atoms with van der Waals surface area (Å²) in [6, 6.07) is 7.64. The Morgan fingerprint density at radius 2 is 1.78 bits per heavy atom. The van der Waals surface area contributed by atoms with E-state index in [0.717, 1.165) is 37.0 Å². The van der Waals surface area contributed by atoms with Crippen LogP contribution in [-0.2, 0) is 17.9 Å². The molecule has 0 saturated carbocycles. The molecule has 1 fully saturated rings. The summed E-state index contributed by atoms with van der Waals surface area (Å²) in [6.45, 7) is 4.81. The van der Waals surface area contributed by atoms with Crippen LogP contribution in [0, 0.1) is 5.92 Å². The first kappa shape index (κ1) is 15.8. The number of nitrogens with two attached hydrogens (primary N) is 1. The van der Waals surface area contributed by atoms with Gasteiger partial charge in [0.25, 0.3) is 0 Å². The topological polar surface area (TPSA) is 73.3 Å². The van der Waals surface area contributed by atoms with Crippen molar-refractivity contribution in [2.45, 2.75) is 32.9 Å². The average Bonchev–Trinajstić information content (AvgIpc) is 2.86. The van der Waals surface area contributed by atoms with Crippen molar-refractivity contribution in [2.75, 3.05) is 19.6 Å². The van der Waals surface area contributed by atoms with Crippen molar-refractivity contribution >= 4 is 16.9 Å². The van der Waals surface area contributed by atoms with Crippen molar-refractivity contribution in [1.29, 1.82) is 0 Å². The third kappa shape index (κ3) is 2.91. The van der Waals surface area contributed by atoms with E-state index in [1.54, 1.807) is 9.13 Å². The van der Waals surface area contributed by atoms with E-state index in [0.29, 0.717) is 19.0 Å². The Kier molecular flexibility index (Phi) is 4.52. The highest BCUT2D eigenvalue weighted by Crippen LogP contribution is 2.17. The fourth-order valence-corrected chi connectivity index (χ4v) is 3.38. The normalized spacial score (nSPS) is 16.2. The van der Waals surface area contributed by atoms with E-state index in [-0.39, 0.29) is 18.1 Å². The van der Waals surface area contributed by atoms with E-state index in [2.05, 4.69) is 0 Å². The van der Waals surface area contributed by atoms with E-state index in [9.17, 15) is 9.59 Å². The highest BCUT2D eigenvalue weighted by atomic mass is 16.2. The van der Waals surface area contributed by atoms with Crippen LogP contribution in [-0.4, -0.2) is 39.6 Å². The smallest absolute Gasteiger partial charge is 0.329 e. The van der Waals surface area contributed by atoms with Gasteiger partial charge in [0.1, 0.15) is 6.54 Å². The van der Waals surface area contributed by atoms with Gasteiger partial charge in [-0.2, -0.15) is 0 Å². The number of hydrogen-bond donors (Lipinski definition) is 1. The predicted molar refractivity (Wildman–Crippen MR) is 90.2 cm³/mol. The monoisotopic (exact) mass is 316 g/mol. The van der Waals surface area contributed by atoms with Gasteiger partial charge in [0.15, 0.2) is 0 Å². The molecule has 0 radical (unpaired) electrons. The van der Waals surface area contributed by atoms with E-state index < -0.39 is 0 Å². The predicted octanol–water partition coefficient (Wildman–Crippen LogP) is 1.02. The fourth-order valence-electron chi connectivity index (χ4n) is 3.38. The van der Waals surface area contributed by atoms with Crippen molar-refractivity contribution in [3.05, 3.63) is 34.7 Å². The van der Waals surface area contributed by atoms with Gasteiger partial charge in [0.05, 0.1) is 11.0 Å². The van der Waals surface area contributed by atoms with Crippen LogP contribution in [0.1, 0.15) is 19.8 Å². The second kappa shape index (κ2) is 6.58. The molecule has 2 heterocycles. The molecule has 1 aliphatic rings. The molecule has 6 nitrogen and oxygen atoms in total. The summed E-state index contributed by atoms with van der Waals surface area (Å²) in [4.78, 5) is 27.0. The molecule has 0 unspecified atom stereocenters. The zero-order valence-electron chi connectivity index (χ0n) is 13.6. The van der Waals surface area contributed by atoms with Crippen LogP contribution in [0.15, 0.2) is 29.1 Å². The quantitative estimate of drug-likeness (QED) is 0.915. The maximum absolute atomic E-state index is 12.6. The minimum absolute atomic E-state index is 0.0153. The van der Waals surface area contributed by atoms with Gasteiger partial charge in [-0.15, -0.1) is 0 Å². The van der Waals surface area contributed by atoms with Gasteiger partial charge in [-0.05, 0) is 44.4 Å². The number of likely N-dealkylation sites (tertiary alicyclic amines) is 1. The molecule has 1 amide bonds. The number of aryl methyl sites for hydroxylation is 1. The van der Waals surface area contributed by atoms with Crippen molar-refractivity contribution in [3.8, 4) is 0 Å². The third-order valence-corrected chi connectivity index (χ3v) is 4.84. The van der Waals surface area contributed by atoms with E-state index in [1.165, 1.54) is 0 Å². The van der Waals surface area contributed by atoms with Gasteiger partial charge in [-0.25, -0.2) is 4.79 Å². The first-order chi connectivity index (χ1) is 11.2. The minimum Gasteiger partial charge on any atom is -0.341 e. The summed E-state index contributed by atoms with van der Waals surface area (Å²) < 4.78 is 3.31. The lowest BCUT2D eigenvalue weighted by Gasteiger charge is -2.31. The molecule has 2 aromatic rings. The van der Waals surface area contributed by atoms with Crippen LogP contribution in [0.3, 0.4) is 0 Å². The number of fused-ring (bicyclic) bond motifs is 1. The molecule has 0 bridgehead atoms. The van der Waals surface area contributed by atoms with Gasteiger partial charge in [-0.3, -0.25) is 13.9 Å². The Balaban J connectivity index is 1.83. The summed E-state index contributed by atoms with van der Waals surface area (Å²) in [5, 5.41) is 0. The minimum atomic E-state index is -0.112. The van der Waals surface area contributed by atoms with E-state index >= 15 is 0 Å². The highest BCUT2D eigenvalue weighted by molar-refractivity contribution is 5.81. The van der Waals surface area contributed by atoms with Crippen LogP contribution in [0.2, 0.25) is 0 Å². The molecule has 0 atom stereocenters. The molecule has 0 aliphatic carbocycles. The number of aromatic nitrogens is 2. The zero-order valence-corrected chi connectivity index (χ0v) is 13.6. The van der Waals surface area contributed by atoms with Crippen LogP contribution in [0.4, 0.5) is 0 Å². The largest absolute Gasteiger partial charge is 0.341 e. The highest BCUT2D eigenvalue weighted by Gasteiger charge is 2.23. The number of para-hydroxylation sites is 2. The number of amides is 1. The number of nitrogens with zero attached hydrogens (tertiary/aromatic N) is 3. The lowest BCUT2D eigenvalue weighted by molar-refractivity contribution is -0.133. The summed E-state index contributed by atoms with van der Waals surface area (Å²) in [6.07, 6.45) is 1.90. The number of piperidine rings is 1. The second-order valence-electron chi connectivity index (χ2n) is 6.16. The summed E-state index contributed by atoms with van der Waals surface area (Å²) >= 11 is 0. The Labute approximate surface area is 135 Å². The molecule has 124 valence electrons. The molecule has 1 aromatic carbocycles. The molecule has 1 saturated heterocycles. The second-order valence-corrected chi connectivity index (χ2v) is 6.16. The maximum Gasteiger partial charge on any atom is 0.329 e. The van der Waals surface area contributed by atoms with Gasteiger partial charge >= 0.3 is 5.69 Å². The first-order valence-corrected chi connectivity index (χ1v) is 8.31. The summed E-state index contributed by atoms with van der Waals surface area (Å²) in [5.74, 6) is 0.533. The summed E-state index contributed by atoms with van der Waals surface area (Å²) in [7, 11) is 0. The molecule has 1 aliphatic heterocycles. The van der Waals surface area contributed by atoms with Crippen molar-refractivity contribution in [2.24, 2.45) is 11.7 Å². The number of rotatable bonds is 4. The molecule has 2 N–H and O–H groups in total. The third-order valence-electron chi connectivity index (χ3n) is 4.84. The Bertz CT molecular complexity index is 754. The van der Waals surface area contributed by atoms with Crippen LogP contribution in [0.5, 0.6) is 0 Å². The number of carbonyl (C=O) groups excluding carboxylic acids is 1. The zero-order chi connectivity index (χ0) is 16.4. The van der Waals surface area contributed by atoms with Gasteiger partial charge in [-0.1, -0.05) is 12.1 Å². The van der Waals surface area contributed by atoms with Gasteiger partial charge in [0.2, 0.25) is 5.91 Å². The van der Waals surface area contributed by atoms with Crippen LogP contribution >= 0.6 is 0 Å². The average molecular weight is 316 g/mol. The van der Waals surface area contributed by atoms with E-state index in [1.807, 2.05) is 36.1 Å². The van der Waals surface area contributed by atoms with Crippen LogP contribution < -0.4 is 11.4 Å². The molecular formula is C17H24N4O2. The van der Waals surface area contributed by atoms with Crippen LogP contribution in [0.25, 0.3) is 11.0 Å². The summed E-state index contributed by atoms with van der Waals surface area (Å²) in [5.41, 5.74) is 7.29. The molecule has 23 heavy (non-hydrogen) atoms. The number of imidazole rings is 1. The van der Waals surface area contributed by atoms with E-state index in [4.69, 9.17) is 5.73 Å². The Morgan fingerprint density at radius 1 is 1.17 bits per heavy atom. The standard InChI is InChI=1S/C17H24N4O2/c1-2-20-14-5-3-4-6-15(14)21(17(20)23)12-16(22)19-9-7-13(11-18)8-10-19/h3-6,13H,2,7-12,18H2,1H3. The molecule has 1 aromatic heterocycles. The Hall–Kier alpha value is -2.08. The van der Waals surface area contributed by atoms with Crippen molar-refractivity contribution in [1.82, 2.24) is 14.0 Å². The molecule has 3 rings (SSSR count). The number of benzene rings is 1. The van der Waals surface area contributed by atoms with Gasteiger partial charge in [0, 0.05) is 19.6 Å². The lowest BCUT2D eigenvalue weighted by Crippen LogP contribution is -2.42. The molecular weight excluding hydrogens is 292 g/mol. The number of carbonyl (C=O) groups is 1. The number of hydrogen-bond acceptors (Lipinski definition) is 3. The molecule has 0 spiro atoms. The fraction of sp³-hybridized carbons (Fsp3) is 0.529. The van der Waals surface area contributed by atoms with Gasteiger partial charge < -0.3 is 10.6 Å².